The van der Waals surface area contributed by atoms with E-state index in [9.17, 15) is 9.90 Å². The maximum atomic E-state index is 12.3. The number of nitrogens with zero attached hydrogens (tertiary/aromatic N) is 2. The lowest BCUT2D eigenvalue weighted by Crippen LogP contribution is -2.55. The fourth-order valence-corrected chi connectivity index (χ4v) is 3.35. The molecule has 0 aromatic rings. The third kappa shape index (κ3) is 4.41. The molecule has 0 radical (unpaired) electrons. The normalized spacial score (nSPS) is 28.8. The molecule has 1 saturated heterocycles. The smallest absolute Gasteiger partial charge is 0.251 e. The van der Waals surface area contributed by atoms with Crippen LogP contribution in [-0.4, -0.2) is 71.8 Å². The minimum absolute atomic E-state index is 0.109. The number of hydrogen-bond donors (Lipinski definition) is 1. The highest BCUT2D eigenvalue weighted by molar-refractivity contribution is 5.80. The van der Waals surface area contributed by atoms with Crippen LogP contribution in [0.15, 0.2) is 0 Å². The molecule has 2 aliphatic rings. The third-order valence-electron chi connectivity index (χ3n) is 4.75. The zero-order valence-corrected chi connectivity index (χ0v) is 13.5. The fourth-order valence-electron chi connectivity index (χ4n) is 3.35. The Morgan fingerprint density at radius 1 is 1.29 bits per heavy atom. The van der Waals surface area contributed by atoms with Crippen molar-refractivity contribution in [1.29, 1.82) is 0 Å². The molecule has 1 aliphatic carbocycles. The highest BCUT2D eigenvalue weighted by Crippen LogP contribution is 2.25. The summed E-state index contributed by atoms with van der Waals surface area (Å²) < 4.78 is 5.60. The van der Waals surface area contributed by atoms with Gasteiger partial charge in [0.25, 0.3) is 5.91 Å². The highest BCUT2D eigenvalue weighted by Gasteiger charge is 2.34. The number of amides is 1. The molecule has 0 unspecified atom stereocenters. The quantitative estimate of drug-likeness (QED) is 0.750. The lowest BCUT2D eigenvalue weighted by Gasteiger charge is -2.39. The summed E-state index contributed by atoms with van der Waals surface area (Å²) in [6.45, 7) is 7.88. The molecule has 5 nitrogen and oxygen atoms in total. The maximum Gasteiger partial charge on any atom is 0.251 e. The molecule has 21 heavy (non-hydrogen) atoms. The van der Waals surface area contributed by atoms with Crippen LogP contribution in [0.3, 0.4) is 0 Å². The van der Waals surface area contributed by atoms with Gasteiger partial charge in [0.15, 0.2) is 0 Å². The predicted molar refractivity (Wildman–Crippen MR) is 82.1 cm³/mol. The summed E-state index contributed by atoms with van der Waals surface area (Å²) in [7, 11) is 0. The summed E-state index contributed by atoms with van der Waals surface area (Å²) in [6, 6.07) is 0.306. The van der Waals surface area contributed by atoms with Gasteiger partial charge in [0.2, 0.25) is 0 Å². The Morgan fingerprint density at radius 2 is 2.00 bits per heavy atom. The lowest BCUT2D eigenvalue weighted by molar-refractivity contribution is -0.145. The van der Waals surface area contributed by atoms with Gasteiger partial charge in [-0.05, 0) is 32.6 Å². The Bertz CT molecular complexity index is 329. The molecule has 1 N–H and O–H groups in total. The SMILES string of the molecule is CCCCO[C@H](C)C(=O)N1CCN([C@H]2CCC[C@H]2O)CC1. The van der Waals surface area contributed by atoms with Gasteiger partial charge in [0.1, 0.15) is 6.10 Å². The molecule has 1 amide bonds. The average molecular weight is 298 g/mol. The second-order valence-corrected chi connectivity index (χ2v) is 6.29. The molecule has 1 saturated carbocycles. The largest absolute Gasteiger partial charge is 0.391 e. The van der Waals surface area contributed by atoms with Crippen molar-refractivity contribution in [3.05, 3.63) is 0 Å². The Morgan fingerprint density at radius 3 is 2.57 bits per heavy atom. The van der Waals surface area contributed by atoms with E-state index < -0.39 is 0 Å². The molecule has 0 spiro atoms. The fraction of sp³-hybridized carbons (Fsp3) is 0.938. The molecule has 2 fully saturated rings. The second-order valence-electron chi connectivity index (χ2n) is 6.29. The van der Waals surface area contributed by atoms with Crippen molar-refractivity contribution in [2.75, 3.05) is 32.8 Å². The number of unbranched alkanes of at least 4 members (excludes halogenated alkanes) is 1. The second kappa shape index (κ2) is 8.11. The van der Waals surface area contributed by atoms with E-state index in [1.165, 1.54) is 0 Å². The molecule has 1 heterocycles. The van der Waals surface area contributed by atoms with E-state index in [2.05, 4.69) is 11.8 Å². The first-order valence-corrected chi connectivity index (χ1v) is 8.46. The topological polar surface area (TPSA) is 53.0 Å². The van der Waals surface area contributed by atoms with E-state index >= 15 is 0 Å². The molecule has 0 aromatic heterocycles. The number of aliphatic hydroxyl groups excluding tert-OH is 1. The number of carbonyl (C=O) groups excluding carboxylic acids is 1. The molecular weight excluding hydrogens is 268 g/mol. The molecule has 3 atom stereocenters. The summed E-state index contributed by atoms with van der Waals surface area (Å²) in [5.41, 5.74) is 0. The van der Waals surface area contributed by atoms with Crippen LogP contribution in [0.5, 0.6) is 0 Å². The van der Waals surface area contributed by atoms with Gasteiger partial charge >= 0.3 is 0 Å². The first kappa shape index (κ1) is 16.7. The average Bonchev–Trinajstić information content (AvgIpc) is 2.93. The standard InChI is InChI=1S/C16H30N2O3/c1-3-4-12-21-13(2)16(20)18-10-8-17(9-11-18)14-6-5-7-15(14)19/h13-15,19H,3-12H2,1-2H3/t13-,14+,15-/m1/s1. The van der Waals surface area contributed by atoms with Gasteiger partial charge in [-0.1, -0.05) is 13.3 Å². The molecule has 0 aromatic carbocycles. The van der Waals surface area contributed by atoms with E-state index in [4.69, 9.17) is 4.74 Å². The van der Waals surface area contributed by atoms with E-state index in [0.29, 0.717) is 12.6 Å². The van der Waals surface area contributed by atoms with Crippen molar-refractivity contribution in [3.8, 4) is 0 Å². The Balaban J connectivity index is 1.73. The van der Waals surface area contributed by atoms with Gasteiger partial charge in [0.05, 0.1) is 6.10 Å². The summed E-state index contributed by atoms with van der Waals surface area (Å²) in [5, 5.41) is 9.98. The van der Waals surface area contributed by atoms with Crippen molar-refractivity contribution in [1.82, 2.24) is 9.80 Å². The van der Waals surface area contributed by atoms with Crippen molar-refractivity contribution in [2.24, 2.45) is 0 Å². The van der Waals surface area contributed by atoms with Crippen molar-refractivity contribution >= 4 is 5.91 Å². The number of aliphatic hydroxyl groups is 1. The first-order valence-electron chi connectivity index (χ1n) is 8.46. The third-order valence-corrected chi connectivity index (χ3v) is 4.75. The number of carbonyl (C=O) groups is 1. The van der Waals surface area contributed by atoms with Gasteiger partial charge in [-0.15, -0.1) is 0 Å². The van der Waals surface area contributed by atoms with E-state index in [-0.39, 0.29) is 18.1 Å². The van der Waals surface area contributed by atoms with E-state index in [1.54, 1.807) is 0 Å². The zero-order chi connectivity index (χ0) is 15.2. The van der Waals surface area contributed by atoms with Gasteiger partial charge in [-0.25, -0.2) is 0 Å². The minimum Gasteiger partial charge on any atom is -0.391 e. The first-order chi connectivity index (χ1) is 10.1. The van der Waals surface area contributed by atoms with Crippen molar-refractivity contribution in [3.63, 3.8) is 0 Å². The van der Waals surface area contributed by atoms with Crippen LogP contribution in [0.2, 0.25) is 0 Å². The number of rotatable bonds is 6. The van der Waals surface area contributed by atoms with Crippen LogP contribution in [0.25, 0.3) is 0 Å². The van der Waals surface area contributed by atoms with Crippen LogP contribution < -0.4 is 0 Å². The Labute approximate surface area is 128 Å². The van der Waals surface area contributed by atoms with Crippen LogP contribution in [0, 0.1) is 0 Å². The van der Waals surface area contributed by atoms with Crippen LogP contribution in [-0.2, 0) is 9.53 Å². The predicted octanol–water partition coefficient (Wildman–Crippen LogP) is 1.25. The van der Waals surface area contributed by atoms with E-state index in [1.807, 2.05) is 11.8 Å². The molecule has 2 rings (SSSR count). The molecule has 122 valence electrons. The van der Waals surface area contributed by atoms with Crippen LogP contribution >= 0.6 is 0 Å². The summed E-state index contributed by atoms with van der Waals surface area (Å²) >= 11 is 0. The molecule has 0 bridgehead atoms. The van der Waals surface area contributed by atoms with Gasteiger partial charge < -0.3 is 14.7 Å². The van der Waals surface area contributed by atoms with Crippen molar-refractivity contribution < 1.29 is 14.6 Å². The van der Waals surface area contributed by atoms with Gasteiger partial charge in [-0.2, -0.15) is 0 Å². The molecule has 5 heteroatoms. The summed E-state index contributed by atoms with van der Waals surface area (Å²) in [4.78, 5) is 16.6. The maximum absolute atomic E-state index is 12.3. The zero-order valence-electron chi connectivity index (χ0n) is 13.5. The van der Waals surface area contributed by atoms with Gasteiger partial charge in [0, 0.05) is 38.8 Å². The van der Waals surface area contributed by atoms with Crippen molar-refractivity contribution in [2.45, 2.75) is 64.2 Å². The van der Waals surface area contributed by atoms with E-state index in [0.717, 1.165) is 58.3 Å². The number of hydrogen-bond acceptors (Lipinski definition) is 4. The minimum atomic E-state index is -0.333. The number of piperazine rings is 1. The monoisotopic (exact) mass is 298 g/mol. The van der Waals surface area contributed by atoms with Gasteiger partial charge in [-0.3, -0.25) is 9.69 Å². The Hall–Kier alpha value is -0.650. The van der Waals surface area contributed by atoms with Crippen LogP contribution in [0.4, 0.5) is 0 Å². The molecule has 1 aliphatic heterocycles. The lowest BCUT2D eigenvalue weighted by atomic mass is 10.1. The Kier molecular flexibility index (Phi) is 6.45. The summed E-state index contributed by atoms with van der Waals surface area (Å²) in [5.74, 6) is 0.109. The highest BCUT2D eigenvalue weighted by atomic mass is 16.5. The number of ether oxygens (including phenoxy) is 1. The van der Waals surface area contributed by atoms with Crippen LogP contribution in [0.1, 0.15) is 46.0 Å². The summed E-state index contributed by atoms with van der Waals surface area (Å²) in [6.07, 6.45) is 4.71. The molecular formula is C16H30N2O3.